The van der Waals surface area contributed by atoms with Crippen LogP contribution in [0.2, 0.25) is 0 Å². The summed E-state index contributed by atoms with van der Waals surface area (Å²) in [7, 11) is 1.40. The lowest BCUT2D eigenvalue weighted by Crippen LogP contribution is -2.00. The number of carbonyl (C=O) groups is 1. The number of rotatable bonds is 3. The quantitative estimate of drug-likeness (QED) is 0.621. The summed E-state index contributed by atoms with van der Waals surface area (Å²) in [5, 5.41) is 0. The molecule has 0 aliphatic heterocycles. The monoisotopic (exact) mass is 280 g/mol. The van der Waals surface area contributed by atoms with Gasteiger partial charge < -0.3 is 4.74 Å². The van der Waals surface area contributed by atoms with E-state index in [4.69, 9.17) is 4.74 Å². The normalized spacial score (nSPS) is 11.3. The highest BCUT2D eigenvalue weighted by Crippen LogP contribution is 2.28. The minimum atomic E-state index is -0.341. The van der Waals surface area contributed by atoms with Crippen molar-refractivity contribution in [2.45, 2.75) is 20.8 Å². The number of benzene rings is 2. The molecule has 21 heavy (non-hydrogen) atoms. The third kappa shape index (κ3) is 3.40. The van der Waals surface area contributed by atoms with Crippen molar-refractivity contribution in [2.24, 2.45) is 0 Å². The molecule has 108 valence electrons. The molecule has 2 nitrogen and oxygen atoms in total. The Labute approximate surface area is 126 Å². The minimum Gasteiger partial charge on any atom is -0.466 e. The maximum absolute atomic E-state index is 11.7. The second-order valence-corrected chi connectivity index (χ2v) is 5.20. The molecule has 2 aromatic rings. The Morgan fingerprint density at radius 3 is 2.19 bits per heavy atom. The summed E-state index contributed by atoms with van der Waals surface area (Å²) in [6.07, 6.45) is 1.56. The van der Waals surface area contributed by atoms with Gasteiger partial charge in [0.05, 0.1) is 7.11 Å². The molecule has 0 spiro atoms. The molecule has 2 rings (SSSR count). The van der Waals surface area contributed by atoms with Gasteiger partial charge in [-0.25, -0.2) is 4.79 Å². The van der Waals surface area contributed by atoms with Gasteiger partial charge in [-0.2, -0.15) is 0 Å². The highest BCUT2D eigenvalue weighted by molar-refractivity contribution is 5.96. The van der Waals surface area contributed by atoms with Crippen molar-refractivity contribution in [3.63, 3.8) is 0 Å². The molecule has 0 fully saturated rings. The van der Waals surface area contributed by atoms with Gasteiger partial charge in [0.1, 0.15) is 0 Å². The molecule has 0 aliphatic rings. The number of hydrogen-bond donors (Lipinski definition) is 0. The van der Waals surface area contributed by atoms with E-state index in [0.29, 0.717) is 0 Å². The summed E-state index contributed by atoms with van der Waals surface area (Å²) in [4.78, 5) is 11.7. The fraction of sp³-hybridized carbons (Fsp3) is 0.211. The van der Waals surface area contributed by atoms with Crippen LogP contribution >= 0.6 is 0 Å². The maximum Gasteiger partial charge on any atom is 0.331 e. The Morgan fingerprint density at radius 1 is 0.952 bits per heavy atom. The van der Waals surface area contributed by atoms with Gasteiger partial charge in [0.15, 0.2) is 0 Å². The third-order valence-corrected chi connectivity index (χ3v) is 3.68. The molecule has 0 saturated heterocycles. The molecule has 0 heterocycles. The molecular weight excluding hydrogens is 260 g/mol. The van der Waals surface area contributed by atoms with E-state index in [9.17, 15) is 4.79 Å². The van der Waals surface area contributed by atoms with Crippen LogP contribution in [0.3, 0.4) is 0 Å². The van der Waals surface area contributed by atoms with E-state index in [1.54, 1.807) is 6.08 Å². The van der Waals surface area contributed by atoms with E-state index in [1.807, 2.05) is 30.3 Å². The molecule has 0 unspecified atom stereocenters. The van der Waals surface area contributed by atoms with E-state index < -0.39 is 0 Å². The van der Waals surface area contributed by atoms with Gasteiger partial charge in [-0.15, -0.1) is 0 Å². The number of esters is 1. The van der Waals surface area contributed by atoms with E-state index in [-0.39, 0.29) is 5.97 Å². The van der Waals surface area contributed by atoms with Crippen molar-refractivity contribution in [1.82, 2.24) is 0 Å². The van der Waals surface area contributed by atoms with Gasteiger partial charge in [0.25, 0.3) is 0 Å². The van der Waals surface area contributed by atoms with E-state index in [0.717, 1.165) is 22.3 Å². The largest absolute Gasteiger partial charge is 0.466 e. The average molecular weight is 280 g/mol. The molecular formula is C19H20O2. The maximum atomic E-state index is 11.7. The summed E-state index contributed by atoms with van der Waals surface area (Å²) in [6.45, 7) is 6.24. The van der Waals surface area contributed by atoms with Crippen LogP contribution in [0.5, 0.6) is 0 Å². The number of hydrogen-bond acceptors (Lipinski definition) is 2. The smallest absolute Gasteiger partial charge is 0.331 e. The Hall–Kier alpha value is -2.35. The summed E-state index contributed by atoms with van der Waals surface area (Å²) >= 11 is 0. The summed E-state index contributed by atoms with van der Waals surface area (Å²) in [6, 6.07) is 14.2. The topological polar surface area (TPSA) is 26.3 Å². The molecule has 0 aliphatic carbocycles. The SMILES string of the molecule is COC(=O)/C=C(/c1ccccc1)c1cc(C)c(C)cc1C. The second-order valence-electron chi connectivity index (χ2n) is 5.20. The zero-order valence-electron chi connectivity index (χ0n) is 12.9. The van der Waals surface area contributed by atoms with Crippen LogP contribution in [-0.2, 0) is 9.53 Å². The first-order chi connectivity index (χ1) is 10.0. The lowest BCUT2D eigenvalue weighted by Gasteiger charge is -2.14. The molecule has 0 radical (unpaired) electrons. The number of aryl methyl sites for hydroxylation is 3. The molecule has 0 amide bonds. The highest BCUT2D eigenvalue weighted by Gasteiger charge is 2.11. The molecule has 0 saturated carbocycles. The molecule has 2 heteroatoms. The number of ether oxygens (including phenoxy) is 1. The summed E-state index contributed by atoms with van der Waals surface area (Å²) in [5.74, 6) is -0.341. The Bertz CT molecular complexity index is 682. The second kappa shape index (κ2) is 6.40. The Morgan fingerprint density at radius 2 is 1.57 bits per heavy atom. The van der Waals surface area contributed by atoms with Crippen LogP contribution in [0.1, 0.15) is 27.8 Å². The van der Waals surface area contributed by atoms with Crippen molar-refractivity contribution in [1.29, 1.82) is 0 Å². The van der Waals surface area contributed by atoms with Gasteiger partial charge in [-0.1, -0.05) is 42.5 Å². The fourth-order valence-corrected chi connectivity index (χ4v) is 2.36. The lowest BCUT2D eigenvalue weighted by atomic mass is 9.91. The first-order valence-electron chi connectivity index (χ1n) is 6.96. The number of carbonyl (C=O) groups excluding carboxylic acids is 1. The Balaban J connectivity index is 2.64. The van der Waals surface area contributed by atoms with Crippen LogP contribution in [0.15, 0.2) is 48.5 Å². The van der Waals surface area contributed by atoms with Crippen LogP contribution in [0.4, 0.5) is 0 Å². The van der Waals surface area contributed by atoms with Gasteiger partial charge in [-0.3, -0.25) is 0 Å². The van der Waals surface area contributed by atoms with E-state index >= 15 is 0 Å². The van der Waals surface area contributed by atoms with Gasteiger partial charge in [-0.05, 0) is 54.2 Å². The molecule has 0 aromatic heterocycles. The van der Waals surface area contributed by atoms with Crippen molar-refractivity contribution in [3.05, 3.63) is 76.4 Å². The van der Waals surface area contributed by atoms with Crippen molar-refractivity contribution < 1.29 is 9.53 Å². The summed E-state index contributed by atoms with van der Waals surface area (Å²) in [5.41, 5.74) is 6.58. The standard InChI is InChI=1S/C19H20O2/c1-13-10-15(3)17(11-14(13)2)18(12-19(20)21-4)16-8-6-5-7-9-16/h5-12H,1-4H3/b18-12-. The third-order valence-electron chi connectivity index (χ3n) is 3.68. The zero-order chi connectivity index (χ0) is 15.4. The van der Waals surface area contributed by atoms with Crippen LogP contribution < -0.4 is 0 Å². The molecule has 0 atom stereocenters. The first-order valence-corrected chi connectivity index (χ1v) is 6.96. The average Bonchev–Trinajstić information content (AvgIpc) is 2.49. The van der Waals surface area contributed by atoms with Crippen molar-refractivity contribution >= 4 is 11.5 Å². The van der Waals surface area contributed by atoms with Crippen molar-refractivity contribution in [2.75, 3.05) is 7.11 Å². The summed E-state index contributed by atoms with van der Waals surface area (Å²) < 4.78 is 4.80. The van der Waals surface area contributed by atoms with Crippen LogP contribution in [-0.4, -0.2) is 13.1 Å². The van der Waals surface area contributed by atoms with E-state index in [2.05, 4.69) is 32.9 Å². The highest BCUT2D eigenvalue weighted by atomic mass is 16.5. The lowest BCUT2D eigenvalue weighted by molar-refractivity contribution is -0.134. The minimum absolute atomic E-state index is 0.341. The van der Waals surface area contributed by atoms with Crippen LogP contribution in [0, 0.1) is 20.8 Å². The molecule has 0 bridgehead atoms. The predicted octanol–water partition coefficient (Wildman–Crippen LogP) is 4.22. The Kier molecular flexibility index (Phi) is 4.59. The molecule has 2 aromatic carbocycles. The van der Waals surface area contributed by atoms with Gasteiger partial charge in [0.2, 0.25) is 0 Å². The predicted molar refractivity (Wildman–Crippen MR) is 86.2 cm³/mol. The molecule has 0 N–H and O–H groups in total. The number of methoxy groups -OCH3 is 1. The van der Waals surface area contributed by atoms with Gasteiger partial charge >= 0.3 is 5.97 Å². The van der Waals surface area contributed by atoms with Gasteiger partial charge in [0, 0.05) is 6.08 Å². The van der Waals surface area contributed by atoms with Crippen LogP contribution in [0.25, 0.3) is 5.57 Å². The fourth-order valence-electron chi connectivity index (χ4n) is 2.36. The van der Waals surface area contributed by atoms with E-state index in [1.165, 1.54) is 18.2 Å². The first kappa shape index (κ1) is 15.0. The van der Waals surface area contributed by atoms with Crippen molar-refractivity contribution in [3.8, 4) is 0 Å². The zero-order valence-corrected chi connectivity index (χ0v) is 12.9.